The van der Waals surface area contributed by atoms with Crippen LogP contribution in [-0.4, -0.2) is 42.2 Å². The van der Waals surface area contributed by atoms with E-state index in [1.54, 1.807) is 49.5 Å². The summed E-state index contributed by atoms with van der Waals surface area (Å²) >= 11 is 5.98. The van der Waals surface area contributed by atoms with E-state index in [1.807, 2.05) is 0 Å². The number of Topliss-reactive ketones (excluding diaryl/α,β-unsaturated/α-hetero) is 1. The summed E-state index contributed by atoms with van der Waals surface area (Å²) in [7, 11) is 0. The molecule has 0 amide bonds. The number of hydrogen-bond donors (Lipinski definition) is 2. The zero-order valence-corrected chi connectivity index (χ0v) is 19.8. The number of rotatable bonds is 4. The number of nitrogens with one attached hydrogen (secondary N) is 2. The lowest BCUT2D eigenvalue weighted by Crippen LogP contribution is -2.56. The van der Waals surface area contributed by atoms with Gasteiger partial charge in [-0.15, -0.1) is 5.10 Å². The first-order valence-corrected chi connectivity index (χ1v) is 12.1. The highest BCUT2D eigenvalue weighted by Gasteiger charge is 2.47. The quantitative estimate of drug-likeness (QED) is 0.421. The summed E-state index contributed by atoms with van der Waals surface area (Å²) in [5.74, 6) is 0.00593. The minimum absolute atomic E-state index is 0.00695. The number of nitrogens with zero attached hydrogens (tertiary/aromatic N) is 4. The summed E-state index contributed by atoms with van der Waals surface area (Å²) in [4.78, 5) is 28.6. The van der Waals surface area contributed by atoms with Crippen molar-refractivity contribution < 1.29 is 9.18 Å². The number of alkyl halides is 1. The van der Waals surface area contributed by atoms with E-state index in [-0.39, 0.29) is 35.3 Å². The van der Waals surface area contributed by atoms with Gasteiger partial charge >= 0.3 is 0 Å². The Morgan fingerprint density at radius 3 is 2.60 bits per heavy atom. The topological polar surface area (TPSA) is 97.1 Å². The molecule has 8 nitrogen and oxygen atoms in total. The van der Waals surface area contributed by atoms with Gasteiger partial charge in [0.05, 0.1) is 17.5 Å². The van der Waals surface area contributed by atoms with Gasteiger partial charge < -0.3 is 5.32 Å². The maximum Gasteiger partial charge on any atom is 0.276 e. The first kappa shape index (κ1) is 22.2. The predicted molar refractivity (Wildman–Crippen MR) is 129 cm³/mol. The lowest BCUT2D eigenvalue weighted by Gasteiger charge is -2.46. The molecule has 5 heterocycles. The molecule has 0 spiro atoms. The molecule has 2 aliphatic rings. The minimum Gasteiger partial charge on any atom is -0.311 e. The number of benzene rings is 1. The van der Waals surface area contributed by atoms with Gasteiger partial charge in [0.2, 0.25) is 5.95 Å². The SMILES string of the molecule is Cc1c(C(=O)C2CC3CC(F)(c4ccc(Cl)cc4)CC(C2)N3)cnn1-c1nn2cccc2c(=O)[nH]1. The predicted octanol–water partition coefficient (Wildman–Crippen LogP) is 3.75. The highest BCUT2D eigenvalue weighted by molar-refractivity contribution is 6.30. The molecule has 3 aromatic heterocycles. The Bertz CT molecular complexity index is 1480. The number of aromatic amines is 1. The Morgan fingerprint density at radius 1 is 1.17 bits per heavy atom. The van der Waals surface area contributed by atoms with Gasteiger partial charge in [-0.2, -0.15) is 5.10 Å². The van der Waals surface area contributed by atoms with Crippen molar-refractivity contribution in [2.45, 2.75) is 50.4 Å². The van der Waals surface area contributed by atoms with Crippen LogP contribution in [0.1, 0.15) is 47.3 Å². The molecular weight excluding hydrogens is 471 g/mol. The molecule has 180 valence electrons. The Balaban J connectivity index is 1.23. The van der Waals surface area contributed by atoms with Crippen molar-refractivity contribution in [2.75, 3.05) is 0 Å². The molecule has 0 aliphatic carbocycles. The van der Waals surface area contributed by atoms with Crippen LogP contribution in [-0.2, 0) is 5.67 Å². The Hall–Kier alpha value is -3.30. The highest BCUT2D eigenvalue weighted by atomic mass is 35.5. The Morgan fingerprint density at radius 2 is 1.89 bits per heavy atom. The van der Waals surface area contributed by atoms with Gasteiger partial charge in [0.25, 0.3) is 5.56 Å². The van der Waals surface area contributed by atoms with E-state index in [0.717, 1.165) is 0 Å². The van der Waals surface area contributed by atoms with Crippen molar-refractivity contribution in [3.63, 3.8) is 0 Å². The molecule has 2 atom stereocenters. The number of carbonyl (C=O) groups excluding carboxylic acids is 1. The Labute approximate surface area is 205 Å². The van der Waals surface area contributed by atoms with Crippen LogP contribution in [0.5, 0.6) is 0 Å². The molecule has 2 fully saturated rings. The Kier molecular flexibility index (Phi) is 5.16. The number of piperidine rings is 2. The van der Waals surface area contributed by atoms with Gasteiger partial charge in [-0.1, -0.05) is 23.7 Å². The van der Waals surface area contributed by atoms with Crippen LogP contribution < -0.4 is 10.9 Å². The third kappa shape index (κ3) is 3.79. The minimum atomic E-state index is -1.44. The number of ketones is 1. The third-order valence-corrected chi connectivity index (χ3v) is 7.60. The summed E-state index contributed by atoms with van der Waals surface area (Å²) in [5.41, 5.74) is 0.447. The fourth-order valence-corrected chi connectivity index (χ4v) is 5.84. The molecule has 2 aliphatic heterocycles. The molecule has 0 radical (unpaired) electrons. The van der Waals surface area contributed by atoms with Gasteiger partial charge in [-0.05, 0) is 49.6 Å². The maximum atomic E-state index is 16.0. The highest BCUT2D eigenvalue weighted by Crippen LogP contribution is 2.44. The second kappa shape index (κ2) is 8.13. The van der Waals surface area contributed by atoms with Crippen molar-refractivity contribution in [1.82, 2.24) is 29.7 Å². The normalized spacial score (nSPS) is 26.2. The van der Waals surface area contributed by atoms with Crippen molar-refractivity contribution in [3.8, 4) is 5.95 Å². The zero-order chi connectivity index (χ0) is 24.3. The standard InChI is InChI=1S/C25H24ClFN6O2/c1-14-20(13-28-33(14)24-30-23(35)21-3-2-8-32(21)31-24)22(34)15-9-18-11-25(27,12-19(10-15)29-18)16-4-6-17(26)7-5-16/h2-8,13,15,18-19,29H,9-12H2,1H3,(H,30,31,35). The number of fused-ring (bicyclic) bond motifs is 3. The van der Waals surface area contributed by atoms with E-state index in [2.05, 4.69) is 20.5 Å². The summed E-state index contributed by atoms with van der Waals surface area (Å²) < 4.78 is 18.9. The summed E-state index contributed by atoms with van der Waals surface area (Å²) in [6.07, 6.45) is 4.96. The van der Waals surface area contributed by atoms with Crippen LogP contribution in [0.4, 0.5) is 4.39 Å². The molecule has 10 heteroatoms. The van der Waals surface area contributed by atoms with Crippen LogP contribution in [0.3, 0.4) is 0 Å². The van der Waals surface area contributed by atoms with Crippen molar-refractivity contribution in [1.29, 1.82) is 0 Å². The molecule has 1 aromatic carbocycles. The maximum absolute atomic E-state index is 16.0. The first-order valence-electron chi connectivity index (χ1n) is 11.7. The molecule has 0 saturated carbocycles. The van der Waals surface area contributed by atoms with Crippen LogP contribution >= 0.6 is 11.6 Å². The second-order valence-corrected chi connectivity index (χ2v) is 10.1. The van der Waals surface area contributed by atoms with Gasteiger partial charge in [0.1, 0.15) is 11.2 Å². The van der Waals surface area contributed by atoms with Crippen molar-refractivity contribution in [3.05, 3.63) is 81.0 Å². The average molecular weight is 495 g/mol. The number of hydrogen-bond acceptors (Lipinski definition) is 5. The van der Waals surface area contributed by atoms with Gasteiger partial charge in [0.15, 0.2) is 5.78 Å². The molecule has 2 bridgehead atoms. The third-order valence-electron chi connectivity index (χ3n) is 7.35. The number of aromatic nitrogens is 5. The van der Waals surface area contributed by atoms with E-state index in [0.29, 0.717) is 53.0 Å². The summed E-state index contributed by atoms with van der Waals surface area (Å²) in [5, 5.41) is 12.8. The van der Waals surface area contributed by atoms with Crippen LogP contribution in [0.15, 0.2) is 53.6 Å². The summed E-state index contributed by atoms with van der Waals surface area (Å²) in [6.45, 7) is 1.79. The van der Waals surface area contributed by atoms with Gasteiger partial charge in [-0.3, -0.25) is 14.6 Å². The van der Waals surface area contributed by atoms with Crippen LogP contribution in [0.25, 0.3) is 11.5 Å². The van der Waals surface area contributed by atoms with E-state index >= 15 is 4.39 Å². The molecule has 2 saturated heterocycles. The van der Waals surface area contributed by atoms with Gasteiger partial charge in [-0.25, -0.2) is 13.6 Å². The average Bonchev–Trinajstić information content (AvgIpc) is 3.45. The molecule has 35 heavy (non-hydrogen) atoms. The van der Waals surface area contributed by atoms with Crippen LogP contribution in [0, 0.1) is 12.8 Å². The van der Waals surface area contributed by atoms with Gasteiger partial charge in [0, 0.05) is 42.1 Å². The number of carbonyl (C=O) groups is 1. The lowest BCUT2D eigenvalue weighted by atomic mass is 9.70. The van der Waals surface area contributed by atoms with E-state index < -0.39 is 5.67 Å². The zero-order valence-electron chi connectivity index (χ0n) is 19.0. The van der Waals surface area contributed by atoms with Crippen molar-refractivity contribution in [2.24, 2.45) is 5.92 Å². The molecule has 4 aromatic rings. The lowest BCUT2D eigenvalue weighted by molar-refractivity contribution is 0.0288. The molecule has 2 unspecified atom stereocenters. The van der Waals surface area contributed by atoms with E-state index in [4.69, 9.17) is 11.6 Å². The second-order valence-electron chi connectivity index (χ2n) is 9.64. The largest absolute Gasteiger partial charge is 0.311 e. The van der Waals surface area contributed by atoms with E-state index in [9.17, 15) is 9.59 Å². The van der Waals surface area contributed by atoms with Crippen LogP contribution in [0.2, 0.25) is 5.02 Å². The molecule has 6 rings (SSSR count). The van der Waals surface area contributed by atoms with Crippen molar-refractivity contribution >= 4 is 22.9 Å². The fourth-order valence-electron chi connectivity index (χ4n) is 5.71. The number of H-pyrrole nitrogens is 1. The fraction of sp³-hybridized carbons (Fsp3) is 0.360. The van der Waals surface area contributed by atoms with E-state index in [1.165, 1.54) is 15.4 Å². The first-order chi connectivity index (χ1) is 16.8. The number of halogens is 2. The monoisotopic (exact) mass is 494 g/mol. The molecule has 2 N–H and O–H groups in total. The summed E-state index contributed by atoms with van der Waals surface area (Å²) in [6, 6.07) is 10.2. The smallest absolute Gasteiger partial charge is 0.276 e. The molecular formula is C25H24ClFN6O2.